The van der Waals surface area contributed by atoms with E-state index in [9.17, 15) is 4.79 Å². The topological polar surface area (TPSA) is 59.8 Å². The van der Waals surface area contributed by atoms with E-state index < -0.39 is 0 Å². The Morgan fingerprint density at radius 2 is 1.96 bits per heavy atom. The second-order valence-corrected chi connectivity index (χ2v) is 7.48. The van der Waals surface area contributed by atoms with E-state index in [-0.39, 0.29) is 5.91 Å². The number of amides is 1. The van der Waals surface area contributed by atoms with Crippen LogP contribution in [0.3, 0.4) is 0 Å². The van der Waals surface area contributed by atoms with Gasteiger partial charge in [-0.15, -0.1) is 0 Å². The van der Waals surface area contributed by atoms with Gasteiger partial charge in [-0.2, -0.15) is 9.78 Å². The van der Waals surface area contributed by atoms with Gasteiger partial charge in [0, 0.05) is 11.1 Å². The molecule has 4 rings (SSSR count). The molecule has 0 saturated carbocycles. The third-order valence-corrected chi connectivity index (χ3v) is 5.29. The molecule has 0 spiro atoms. The molecule has 0 fully saturated rings. The Bertz CT molecular complexity index is 1100. The van der Waals surface area contributed by atoms with Crippen LogP contribution < -0.4 is 5.32 Å². The summed E-state index contributed by atoms with van der Waals surface area (Å²) in [4.78, 5) is 17.2. The lowest BCUT2D eigenvalue weighted by Crippen LogP contribution is -2.15. The van der Waals surface area contributed by atoms with Crippen LogP contribution in [0.25, 0.3) is 15.3 Å². The minimum Gasteiger partial charge on any atom is -0.306 e. The van der Waals surface area contributed by atoms with E-state index >= 15 is 0 Å². The van der Waals surface area contributed by atoms with E-state index in [1.807, 2.05) is 31.2 Å². The summed E-state index contributed by atoms with van der Waals surface area (Å²) >= 11 is 13.6. The van der Waals surface area contributed by atoms with Crippen LogP contribution in [0, 0.1) is 6.92 Å². The highest BCUT2D eigenvalue weighted by atomic mass is 35.5. The fourth-order valence-corrected chi connectivity index (χ4v) is 3.85. The maximum atomic E-state index is 12.6. The Morgan fingerprint density at radius 3 is 2.77 bits per heavy atom. The quantitative estimate of drug-likeness (QED) is 0.502. The van der Waals surface area contributed by atoms with Crippen molar-refractivity contribution in [1.82, 2.24) is 14.8 Å². The number of aromatic nitrogens is 3. The molecule has 5 nitrogen and oxygen atoms in total. The van der Waals surface area contributed by atoms with Gasteiger partial charge in [0.25, 0.3) is 5.91 Å². The van der Waals surface area contributed by atoms with E-state index in [0.29, 0.717) is 26.6 Å². The van der Waals surface area contributed by atoms with Gasteiger partial charge in [0.05, 0.1) is 26.5 Å². The number of thiazole rings is 1. The first-order chi connectivity index (χ1) is 12.5. The van der Waals surface area contributed by atoms with Gasteiger partial charge < -0.3 is 5.32 Å². The standard InChI is InChI=1S/C18H12Cl2N4OS/c1-10-8-16(22-17(25)12-9-11(19)6-7-13(12)20)24(23-10)18-21-14-4-2-3-5-15(14)26-18/h2-9H,1H3,(H,22,25). The number of halogens is 2. The monoisotopic (exact) mass is 402 g/mol. The highest BCUT2D eigenvalue weighted by molar-refractivity contribution is 7.20. The number of hydrogen-bond donors (Lipinski definition) is 1. The summed E-state index contributed by atoms with van der Waals surface area (Å²) < 4.78 is 2.67. The Labute approximate surface area is 163 Å². The summed E-state index contributed by atoms with van der Waals surface area (Å²) in [5.74, 6) is 0.155. The van der Waals surface area contributed by atoms with Crippen molar-refractivity contribution in [3.05, 3.63) is 69.8 Å². The van der Waals surface area contributed by atoms with Crippen molar-refractivity contribution in [2.45, 2.75) is 6.92 Å². The lowest BCUT2D eigenvalue weighted by molar-refractivity contribution is 0.102. The molecule has 0 aliphatic heterocycles. The lowest BCUT2D eigenvalue weighted by Gasteiger charge is -2.08. The maximum Gasteiger partial charge on any atom is 0.258 e. The van der Waals surface area contributed by atoms with E-state index in [1.54, 1.807) is 22.9 Å². The van der Waals surface area contributed by atoms with Crippen molar-refractivity contribution < 1.29 is 4.79 Å². The molecule has 0 atom stereocenters. The largest absolute Gasteiger partial charge is 0.306 e. The molecular weight excluding hydrogens is 391 g/mol. The molecule has 0 aliphatic rings. The average Bonchev–Trinajstić information content (AvgIpc) is 3.19. The first-order valence-corrected chi connectivity index (χ1v) is 9.27. The number of fused-ring (bicyclic) bond motifs is 1. The molecule has 130 valence electrons. The Morgan fingerprint density at radius 1 is 1.15 bits per heavy atom. The number of anilines is 1. The van der Waals surface area contributed by atoms with Gasteiger partial charge in [0.1, 0.15) is 5.82 Å². The summed E-state index contributed by atoms with van der Waals surface area (Å²) in [6.07, 6.45) is 0. The van der Waals surface area contributed by atoms with Gasteiger partial charge in [-0.1, -0.05) is 46.7 Å². The number of nitrogens with zero attached hydrogens (tertiary/aromatic N) is 3. The summed E-state index contributed by atoms with van der Waals surface area (Å²) in [6.45, 7) is 1.85. The molecule has 0 bridgehead atoms. The number of rotatable bonds is 3. The number of para-hydroxylation sites is 1. The molecule has 0 unspecified atom stereocenters. The van der Waals surface area contributed by atoms with Gasteiger partial charge in [-0.25, -0.2) is 4.98 Å². The summed E-state index contributed by atoms with van der Waals surface area (Å²) in [7, 11) is 0. The first kappa shape index (κ1) is 17.0. The van der Waals surface area contributed by atoms with Crippen LogP contribution in [0.5, 0.6) is 0 Å². The Hall–Kier alpha value is -2.41. The van der Waals surface area contributed by atoms with Crippen molar-refractivity contribution in [3.63, 3.8) is 0 Å². The van der Waals surface area contributed by atoms with Crippen LogP contribution in [0.4, 0.5) is 5.82 Å². The molecule has 0 radical (unpaired) electrons. The zero-order chi connectivity index (χ0) is 18.3. The van der Waals surface area contributed by atoms with Gasteiger partial charge in [0.2, 0.25) is 5.13 Å². The molecule has 0 saturated heterocycles. The fourth-order valence-electron chi connectivity index (χ4n) is 2.54. The van der Waals surface area contributed by atoms with Crippen molar-refractivity contribution in [2.75, 3.05) is 5.32 Å². The lowest BCUT2D eigenvalue weighted by atomic mass is 10.2. The number of aryl methyl sites for hydroxylation is 1. The van der Waals surface area contributed by atoms with Crippen LogP contribution in [0.15, 0.2) is 48.5 Å². The summed E-state index contributed by atoms with van der Waals surface area (Å²) in [5.41, 5.74) is 1.95. The Kier molecular flexibility index (Phi) is 4.40. The van der Waals surface area contributed by atoms with E-state index in [1.165, 1.54) is 17.4 Å². The molecule has 1 amide bonds. The SMILES string of the molecule is Cc1cc(NC(=O)c2cc(Cl)ccc2Cl)n(-c2nc3ccccc3s2)n1. The highest BCUT2D eigenvalue weighted by Crippen LogP contribution is 2.28. The minimum absolute atomic E-state index is 0.300. The number of benzene rings is 2. The van der Waals surface area contributed by atoms with Crippen LogP contribution in [-0.4, -0.2) is 20.7 Å². The first-order valence-electron chi connectivity index (χ1n) is 7.70. The number of hydrogen-bond acceptors (Lipinski definition) is 4. The number of carbonyl (C=O) groups excluding carboxylic acids is 1. The van der Waals surface area contributed by atoms with E-state index in [4.69, 9.17) is 23.2 Å². The Balaban J connectivity index is 1.72. The van der Waals surface area contributed by atoms with Crippen molar-refractivity contribution in [2.24, 2.45) is 0 Å². The fraction of sp³-hybridized carbons (Fsp3) is 0.0556. The molecule has 8 heteroatoms. The van der Waals surface area contributed by atoms with Crippen LogP contribution >= 0.6 is 34.5 Å². The molecule has 1 N–H and O–H groups in total. The van der Waals surface area contributed by atoms with Gasteiger partial charge in [-0.05, 0) is 37.3 Å². The summed E-state index contributed by atoms with van der Waals surface area (Å²) in [6, 6.07) is 14.4. The van der Waals surface area contributed by atoms with Crippen LogP contribution in [-0.2, 0) is 0 Å². The minimum atomic E-state index is -0.361. The maximum absolute atomic E-state index is 12.6. The predicted octanol–water partition coefficient (Wildman–Crippen LogP) is 5.35. The third kappa shape index (κ3) is 3.19. The number of nitrogens with one attached hydrogen (secondary N) is 1. The van der Waals surface area contributed by atoms with Gasteiger partial charge >= 0.3 is 0 Å². The molecular formula is C18H12Cl2N4OS. The molecule has 0 aliphatic carbocycles. The zero-order valence-corrected chi connectivity index (χ0v) is 15.9. The highest BCUT2D eigenvalue weighted by Gasteiger charge is 2.17. The smallest absolute Gasteiger partial charge is 0.258 e. The van der Waals surface area contributed by atoms with Crippen LogP contribution in [0.1, 0.15) is 16.1 Å². The normalized spacial score (nSPS) is 11.0. The van der Waals surface area contributed by atoms with Crippen molar-refractivity contribution >= 4 is 56.5 Å². The molecule has 4 aromatic rings. The summed E-state index contributed by atoms with van der Waals surface area (Å²) in [5, 5.41) is 8.74. The van der Waals surface area contributed by atoms with Gasteiger partial charge in [0.15, 0.2) is 0 Å². The molecule has 26 heavy (non-hydrogen) atoms. The second-order valence-electron chi connectivity index (χ2n) is 5.63. The van der Waals surface area contributed by atoms with Crippen molar-refractivity contribution in [3.8, 4) is 5.13 Å². The zero-order valence-electron chi connectivity index (χ0n) is 13.5. The number of carbonyl (C=O) groups is 1. The second kappa shape index (κ2) is 6.72. The van der Waals surface area contributed by atoms with E-state index in [0.717, 1.165) is 15.9 Å². The third-order valence-electron chi connectivity index (χ3n) is 3.71. The van der Waals surface area contributed by atoms with Crippen LogP contribution in [0.2, 0.25) is 10.0 Å². The molecule has 2 aromatic carbocycles. The molecule has 2 heterocycles. The predicted molar refractivity (Wildman–Crippen MR) is 106 cm³/mol. The molecule has 2 aromatic heterocycles. The van der Waals surface area contributed by atoms with Gasteiger partial charge in [-0.3, -0.25) is 4.79 Å². The average molecular weight is 403 g/mol. The van der Waals surface area contributed by atoms with E-state index in [2.05, 4.69) is 15.4 Å². The van der Waals surface area contributed by atoms with Crippen molar-refractivity contribution in [1.29, 1.82) is 0 Å².